The topological polar surface area (TPSA) is 49.7 Å². The first-order valence-electron chi connectivity index (χ1n) is 8.30. The average Bonchev–Trinajstić information content (AvgIpc) is 2.54. The number of rotatable bonds is 5. The monoisotopic (exact) mass is 323 g/mol. The highest BCUT2D eigenvalue weighted by Crippen LogP contribution is 2.35. The third kappa shape index (κ3) is 3.73. The predicted molar refractivity (Wildman–Crippen MR) is 100 cm³/mol. The molecule has 0 saturated heterocycles. The van der Waals surface area contributed by atoms with Gasteiger partial charge in [0.15, 0.2) is 6.29 Å². The van der Waals surface area contributed by atoms with Gasteiger partial charge in [-0.15, -0.1) is 0 Å². The van der Waals surface area contributed by atoms with Gasteiger partial charge in [0.1, 0.15) is 5.75 Å². The Morgan fingerprint density at radius 2 is 1.54 bits per heavy atom. The molecule has 2 rings (SSSR count). The van der Waals surface area contributed by atoms with Crippen molar-refractivity contribution in [2.75, 3.05) is 0 Å². The fourth-order valence-electron chi connectivity index (χ4n) is 2.82. The number of aromatic hydroxyl groups is 1. The quantitative estimate of drug-likeness (QED) is 0.582. The zero-order valence-corrected chi connectivity index (χ0v) is 15.0. The van der Waals surface area contributed by atoms with Crippen molar-refractivity contribution in [2.45, 2.75) is 46.5 Å². The highest BCUT2D eigenvalue weighted by molar-refractivity contribution is 5.92. The zero-order valence-electron chi connectivity index (χ0n) is 15.0. The molecule has 0 aliphatic rings. The maximum Gasteiger partial charge on any atom is 0.153 e. The molecule has 2 aromatic carbocycles. The Bertz CT molecular complexity index is 747. The SMILES string of the molecule is Cc1cc(C=O)c(O)c(C=Nc2c(C(C)C)cccc2C(C)C)c1. The normalized spacial score (nSPS) is 11.6. The molecular formula is C21H25NO2. The molecule has 126 valence electrons. The Labute approximate surface area is 144 Å². The maximum absolute atomic E-state index is 11.1. The summed E-state index contributed by atoms with van der Waals surface area (Å²) in [5.74, 6) is 0.687. The summed E-state index contributed by atoms with van der Waals surface area (Å²) in [6, 6.07) is 9.75. The molecule has 0 atom stereocenters. The van der Waals surface area contributed by atoms with E-state index in [2.05, 4.69) is 45.9 Å². The van der Waals surface area contributed by atoms with Crippen LogP contribution >= 0.6 is 0 Å². The van der Waals surface area contributed by atoms with Gasteiger partial charge in [-0.25, -0.2) is 0 Å². The van der Waals surface area contributed by atoms with Crippen LogP contribution in [0.4, 0.5) is 5.69 Å². The summed E-state index contributed by atoms with van der Waals surface area (Å²) in [4.78, 5) is 15.8. The second kappa shape index (κ2) is 7.43. The molecular weight excluding hydrogens is 298 g/mol. The summed E-state index contributed by atoms with van der Waals surface area (Å²) < 4.78 is 0. The van der Waals surface area contributed by atoms with Crippen LogP contribution in [0.1, 0.15) is 72.1 Å². The molecule has 0 radical (unpaired) electrons. The average molecular weight is 323 g/mol. The van der Waals surface area contributed by atoms with Crippen LogP contribution in [0.2, 0.25) is 0 Å². The third-order valence-electron chi connectivity index (χ3n) is 4.12. The van der Waals surface area contributed by atoms with Crippen molar-refractivity contribution in [2.24, 2.45) is 4.99 Å². The molecule has 0 amide bonds. The van der Waals surface area contributed by atoms with Gasteiger partial charge in [-0.05, 0) is 47.6 Å². The molecule has 0 aliphatic heterocycles. The van der Waals surface area contributed by atoms with Gasteiger partial charge in [0.2, 0.25) is 0 Å². The van der Waals surface area contributed by atoms with Crippen molar-refractivity contribution in [3.05, 3.63) is 58.1 Å². The summed E-state index contributed by atoms with van der Waals surface area (Å²) in [7, 11) is 0. The fraction of sp³-hybridized carbons (Fsp3) is 0.333. The lowest BCUT2D eigenvalue weighted by molar-refractivity contribution is 0.112. The Morgan fingerprint density at radius 3 is 2.04 bits per heavy atom. The molecule has 0 aliphatic carbocycles. The number of phenolic OH excluding ortho intramolecular Hbond substituents is 1. The summed E-state index contributed by atoms with van der Waals surface area (Å²) in [6.45, 7) is 10.5. The molecule has 0 saturated carbocycles. The number of hydrogen-bond donors (Lipinski definition) is 1. The zero-order chi connectivity index (χ0) is 17.9. The molecule has 0 bridgehead atoms. The third-order valence-corrected chi connectivity index (χ3v) is 4.12. The lowest BCUT2D eigenvalue weighted by atomic mass is 9.93. The van der Waals surface area contributed by atoms with E-state index in [4.69, 9.17) is 4.99 Å². The maximum atomic E-state index is 11.1. The van der Waals surface area contributed by atoms with Crippen molar-refractivity contribution in [3.8, 4) is 5.75 Å². The molecule has 0 fully saturated rings. The van der Waals surface area contributed by atoms with Gasteiger partial charge in [0.05, 0.1) is 11.3 Å². The van der Waals surface area contributed by atoms with E-state index in [0.29, 0.717) is 23.7 Å². The molecule has 0 heterocycles. The predicted octanol–water partition coefficient (Wildman–Crippen LogP) is 5.51. The highest BCUT2D eigenvalue weighted by Gasteiger charge is 2.13. The standard InChI is InChI=1S/C21H25NO2/c1-13(2)18-7-6-8-19(14(3)4)20(18)22-11-16-9-15(5)10-17(12-23)21(16)24/h6-14,24H,1-5H3. The smallest absolute Gasteiger partial charge is 0.153 e. The summed E-state index contributed by atoms with van der Waals surface area (Å²) in [6.07, 6.45) is 2.32. The number of benzene rings is 2. The Morgan fingerprint density at radius 1 is 1.00 bits per heavy atom. The molecule has 24 heavy (non-hydrogen) atoms. The molecule has 0 aromatic heterocycles. The fourth-order valence-corrected chi connectivity index (χ4v) is 2.82. The van der Waals surface area contributed by atoms with E-state index in [0.717, 1.165) is 11.3 Å². The Kier molecular flexibility index (Phi) is 5.55. The van der Waals surface area contributed by atoms with Gasteiger partial charge in [0, 0.05) is 11.8 Å². The number of aldehydes is 1. The Hall–Kier alpha value is -2.42. The van der Waals surface area contributed by atoms with E-state index in [-0.39, 0.29) is 11.3 Å². The minimum absolute atomic E-state index is 0.0209. The van der Waals surface area contributed by atoms with Crippen LogP contribution in [0.3, 0.4) is 0 Å². The summed E-state index contributed by atoms with van der Waals surface area (Å²) in [5.41, 5.74) is 5.08. The van der Waals surface area contributed by atoms with Crippen molar-refractivity contribution in [3.63, 3.8) is 0 Å². The first-order valence-corrected chi connectivity index (χ1v) is 8.30. The molecule has 3 heteroatoms. The second-order valence-electron chi connectivity index (χ2n) is 6.76. The van der Waals surface area contributed by atoms with E-state index in [1.807, 2.05) is 13.0 Å². The van der Waals surface area contributed by atoms with Crippen molar-refractivity contribution in [1.82, 2.24) is 0 Å². The van der Waals surface area contributed by atoms with Gasteiger partial charge >= 0.3 is 0 Å². The van der Waals surface area contributed by atoms with E-state index >= 15 is 0 Å². The van der Waals surface area contributed by atoms with Crippen LogP contribution in [0.5, 0.6) is 5.75 Å². The number of carbonyl (C=O) groups excluding carboxylic acids is 1. The molecule has 1 N–H and O–H groups in total. The second-order valence-corrected chi connectivity index (χ2v) is 6.76. The highest BCUT2D eigenvalue weighted by atomic mass is 16.3. The number of phenols is 1. The first-order chi connectivity index (χ1) is 11.3. The summed E-state index contributed by atoms with van der Waals surface area (Å²) in [5, 5.41) is 10.2. The molecule has 2 aromatic rings. The van der Waals surface area contributed by atoms with Crippen LogP contribution < -0.4 is 0 Å². The molecule has 3 nitrogen and oxygen atoms in total. The van der Waals surface area contributed by atoms with Gasteiger partial charge in [-0.2, -0.15) is 0 Å². The van der Waals surface area contributed by atoms with Gasteiger partial charge in [0.25, 0.3) is 0 Å². The van der Waals surface area contributed by atoms with Crippen LogP contribution in [0.25, 0.3) is 0 Å². The molecule has 0 unspecified atom stereocenters. The number of aryl methyl sites for hydroxylation is 1. The number of carbonyl (C=O) groups is 1. The Balaban J connectivity index is 2.57. The lowest BCUT2D eigenvalue weighted by Gasteiger charge is -2.16. The van der Waals surface area contributed by atoms with E-state index < -0.39 is 0 Å². The molecule has 0 spiro atoms. The van der Waals surface area contributed by atoms with Crippen LogP contribution in [0, 0.1) is 6.92 Å². The van der Waals surface area contributed by atoms with Crippen molar-refractivity contribution < 1.29 is 9.90 Å². The number of aliphatic imine (C=N–C) groups is 1. The van der Waals surface area contributed by atoms with Crippen LogP contribution in [-0.4, -0.2) is 17.6 Å². The largest absolute Gasteiger partial charge is 0.507 e. The van der Waals surface area contributed by atoms with Crippen molar-refractivity contribution in [1.29, 1.82) is 0 Å². The number of para-hydroxylation sites is 1. The minimum atomic E-state index is -0.0209. The van der Waals surface area contributed by atoms with Gasteiger partial charge in [-0.1, -0.05) is 45.9 Å². The van der Waals surface area contributed by atoms with Crippen molar-refractivity contribution >= 4 is 18.2 Å². The minimum Gasteiger partial charge on any atom is -0.507 e. The van der Waals surface area contributed by atoms with Gasteiger partial charge in [-0.3, -0.25) is 9.79 Å². The van der Waals surface area contributed by atoms with Gasteiger partial charge < -0.3 is 5.11 Å². The van der Waals surface area contributed by atoms with E-state index in [1.165, 1.54) is 11.1 Å². The lowest BCUT2D eigenvalue weighted by Crippen LogP contribution is -1.96. The van der Waals surface area contributed by atoms with E-state index in [9.17, 15) is 9.90 Å². The van der Waals surface area contributed by atoms with Crippen LogP contribution in [-0.2, 0) is 0 Å². The summed E-state index contributed by atoms with van der Waals surface area (Å²) >= 11 is 0. The number of nitrogens with zero attached hydrogens (tertiary/aromatic N) is 1. The number of hydrogen-bond acceptors (Lipinski definition) is 3. The first kappa shape index (κ1) is 17.9. The van der Waals surface area contributed by atoms with E-state index in [1.54, 1.807) is 12.3 Å². The van der Waals surface area contributed by atoms with Crippen LogP contribution in [0.15, 0.2) is 35.3 Å².